The summed E-state index contributed by atoms with van der Waals surface area (Å²) in [7, 11) is 1.89. The van der Waals surface area contributed by atoms with Gasteiger partial charge < -0.3 is 15.3 Å². The topological polar surface area (TPSA) is 91.4 Å². The zero-order chi connectivity index (χ0) is 22.2. The number of pyridine rings is 1. The van der Waals surface area contributed by atoms with Crippen LogP contribution in [0.4, 0.5) is 0 Å². The van der Waals surface area contributed by atoms with E-state index < -0.39 is 0 Å². The smallest absolute Gasteiger partial charge is 0.268 e. The van der Waals surface area contributed by atoms with Crippen LogP contribution < -0.4 is 5.32 Å². The largest absolute Gasteiger partial charge is 0.357 e. The molecule has 5 rings (SSSR count). The Kier molecular flexibility index (Phi) is 5.03. The van der Waals surface area contributed by atoms with Crippen LogP contribution in [0.5, 0.6) is 0 Å². The molecular weight excluding hydrogens is 424 g/mol. The van der Waals surface area contributed by atoms with E-state index in [1.165, 1.54) is 0 Å². The molecule has 8 heteroatoms. The van der Waals surface area contributed by atoms with Crippen LogP contribution in [0.15, 0.2) is 67.4 Å². The predicted molar refractivity (Wildman–Crippen MR) is 125 cm³/mol. The molecule has 0 spiro atoms. The summed E-state index contributed by atoms with van der Waals surface area (Å²) < 4.78 is 1.76. The molecule has 0 saturated carbocycles. The standard InChI is InChI=1S/C24H21ClN6O/c1-14(15-4-3-5-19(25)6-15)30-24(32)22-8-17(10-26-22)21-12-28-23-20(21)7-16(9-27-23)18-11-29-31(2)13-18/h3-14,26H,1-2H3,(H,27,28)(H,30,32)/t14-/m1/s1. The number of hydrogen-bond donors (Lipinski definition) is 3. The Morgan fingerprint density at radius 1 is 1.09 bits per heavy atom. The molecule has 0 radical (unpaired) electrons. The Bertz CT molecular complexity index is 1430. The summed E-state index contributed by atoms with van der Waals surface area (Å²) in [5.41, 5.74) is 6.07. The van der Waals surface area contributed by atoms with E-state index in [0.717, 1.165) is 38.9 Å². The van der Waals surface area contributed by atoms with Gasteiger partial charge in [0.1, 0.15) is 11.3 Å². The predicted octanol–water partition coefficient (Wildman–Crippen LogP) is 5.10. The summed E-state index contributed by atoms with van der Waals surface area (Å²) in [6.07, 6.45) is 9.33. The number of aromatic amines is 2. The average Bonchev–Trinajstić information content (AvgIpc) is 3.52. The lowest BCUT2D eigenvalue weighted by Crippen LogP contribution is -2.26. The van der Waals surface area contributed by atoms with Crippen molar-refractivity contribution in [1.82, 2.24) is 30.0 Å². The number of rotatable bonds is 5. The number of carbonyl (C=O) groups is 1. The van der Waals surface area contributed by atoms with Crippen molar-refractivity contribution in [2.24, 2.45) is 7.05 Å². The highest BCUT2D eigenvalue weighted by molar-refractivity contribution is 6.30. The fourth-order valence-electron chi connectivity index (χ4n) is 3.78. The molecular formula is C24H21ClN6O. The fourth-order valence-corrected chi connectivity index (χ4v) is 3.98. The minimum atomic E-state index is -0.183. The highest BCUT2D eigenvalue weighted by atomic mass is 35.5. The minimum Gasteiger partial charge on any atom is -0.357 e. The van der Waals surface area contributed by atoms with Crippen LogP contribution in [0.25, 0.3) is 33.3 Å². The normalized spacial score (nSPS) is 12.2. The second-order valence-corrected chi connectivity index (χ2v) is 8.21. The van der Waals surface area contributed by atoms with E-state index in [4.69, 9.17) is 11.6 Å². The maximum atomic E-state index is 12.8. The number of halogens is 1. The van der Waals surface area contributed by atoms with Crippen LogP contribution in [0.3, 0.4) is 0 Å². The summed E-state index contributed by atoms with van der Waals surface area (Å²) in [6.45, 7) is 1.93. The van der Waals surface area contributed by atoms with E-state index in [1.807, 2.05) is 75.3 Å². The van der Waals surface area contributed by atoms with Gasteiger partial charge in [-0.1, -0.05) is 23.7 Å². The molecule has 32 heavy (non-hydrogen) atoms. The van der Waals surface area contributed by atoms with Gasteiger partial charge in [0.25, 0.3) is 5.91 Å². The Hall–Kier alpha value is -3.84. The molecule has 4 heterocycles. The third kappa shape index (κ3) is 3.78. The van der Waals surface area contributed by atoms with Gasteiger partial charge in [-0.2, -0.15) is 5.10 Å². The SMILES string of the molecule is C[C@@H](NC(=O)c1cc(-c2c[nH]c3ncc(-c4cnn(C)c4)cc23)c[nH]1)c1cccc(Cl)c1. The van der Waals surface area contributed by atoms with Gasteiger partial charge in [0.05, 0.1) is 12.2 Å². The third-order valence-electron chi connectivity index (χ3n) is 5.50. The molecule has 0 fully saturated rings. The number of amides is 1. The first-order valence-corrected chi connectivity index (χ1v) is 10.6. The maximum Gasteiger partial charge on any atom is 0.268 e. The van der Waals surface area contributed by atoms with Gasteiger partial charge in [0.15, 0.2) is 0 Å². The molecule has 0 bridgehead atoms. The first-order chi connectivity index (χ1) is 15.5. The van der Waals surface area contributed by atoms with E-state index in [1.54, 1.807) is 4.68 Å². The van der Waals surface area contributed by atoms with Gasteiger partial charge in [0.2, 0.25) is 0 Å². The molecule has 1 amide bonds. The molecule has 0 aliphatic carbocycles. The summed E-state index contributed by atoms with van der Waals surface area (Å²) >= 11 is 6.07. The van der Waals surface area contributed by atoms with Crippen molar-refractivity contribution in [3.05, 3.63) is 83.7 Å². The van der Waals surface area contributed by atoms with E-state index in [9.17, 15) is 4.79 Å². The zero-order valence-corrected chi connectivity index (χ0v) is 18.3. The summed E-state index contributed by atoms with van der Waals surface area (Å²) in [6, 6.07) is 11.2. The van der Waals surface area contributed by atoms with Gasteiger partial charge in [-0.15, -0.1) is 0 Å². The third-order valence-corrected chi connectivity index (χ3v) is 5.74. The Balaban J connectivity index is 1.41. The maximum absolute atomic E-state index is 12.8. The summed E-state index contributed by atoms with van der Waals surface area (Å²) in [5.74, 6) is -0.183. The number of nitrogens with one attached hydrogen (secondary N) is 3. The van der Waals surface area contributed by atoms with Gasteiger partial charge in [0, 0.05) is 64.5 Å². The number of carbonyl (C=O) groups excluding carboxylic acids is 1. The molecule has 4 aromatic heterocycles. The molecule has 0 unspecified atom stereocenters. The van der Waals surface area contributed by atoms with Crippen molar-refractivity contribution in [2.75, 3.05) is 0 Å². The van der Waals surface area contributed by atoms with Crippen molar-refractivity contribution in [3.8, 4) is 22.3 Å². The van der Waals surface area contributed by atoms with E-state index in [-0.39, 0.29) is 11.9 Å². The fraction of sp³-hybridized carbons (Fsp3) is 0.125. The summed E-state index contributed by atoms with van der Waals surface area (Å²) in [5, 5.41) is 8.87. The zero-order valence-electron chi connectivity index (χ0n) is 17.6. The lowest BCUT2D eigenvalue weighted by atomic mass is 10.1. The number of benzene rings is 1. The van der Waals surface area contributed by atoms with Crippen LogP contribution in [-0.4, -0.2) is 30.6 Å². The first kappa shape index (κ1) is 20.1. The van der Waals surface area contributed by atoms with Gasteiger partial charge in [-0.05, 0) is 36.8 Å². The van der Waals surface area contributed by atoms with Gasteiger partial charge >= 0.3 is 0 Å². The van der Waals surface area contributed by atoms with E-state index in [0.29, 0.717) is 10.7 Å². The Morgan fingerprint density at radius 3 is 2.75 bits per heavy atom. The highest BCUT2D eigenvalue weighted by Gasteiger charge is 2.16. The molecule has 160 valence electrons. The van der Waals surface area contributed by atoms with E-state index >= 15 is 0 Å². The lowest BCUT2D eigenvalue weighted by Gasteiger charge is -2.14. The van der Waals surface area contributed by atoms with Crippen LogP contribution in [0.1, 0.15) is 29.0 Å². The number of aromatic nitrogens is 5. The molecule has 0 aliphatic rings. The van der Waals surface area contributed by atoms with Crippen molar-refractivity contribution < 1.29 is 4.79 Å². The van der Waals surface area contributed by atoms with Crippen molar-refractivity contribution in [1.29, 1.82) is 0 Å². The summed E-state index contributed by atoms with van der Waals surface area (Å²) in [4.78, 5) is 23.6. The van der Waals surface area contributed by atoms with Crippen LogP contribution >= 0.6 is 11.6 Å². The Labute approximate surface area is 189 Å². The lowest BCUT2D eigenvalue weighted by molar-refractivity contribution is 0.0935. The van der Waals surface area contributed by atoms with Crippen molar-refractivity contribution >= 4 is 28.5 Å². The number of H-pyrrole nitrogens is 2. The van der Waals surface area contributed by atoms with Crippen molar-refractivity contribution in [3.63, 3.8) is 0 Å². The average molecular weight is 445 g/mol. The molecule has 3 N–H and O–H groups in total. The van der Waals surface area contributed by atoms with E-state index in [2.05, 4.69) is 31.4 Å². The molecule has 1 atom stereocenters. The highest BCUT2D eigenvalue weighted by Crippen LogP contribution is 2.31. The van der Waals surface area contributed by atoms with Crippen LogP contribution in [0, 0.1) is 0 Å². The number of aryl methyl sites for hydroxylation is 1. The second-order valence-electron chi connectivity index (χ2n) is 7.78. The molecule has 0 aliphatic heterocycles. The molecule has 7 nitrogen and oxygen atoms in total. The van der Waals surface area contributed by atoms with Crippen LogP contribution in [0.2, 0.25) is 5.02 Å². The second kappa shape index (κ2) is 8.01. The molecule has 5 aromatic rings. The quantitative estimate of drug-likeness (QED) is 0.352. The molecule has 1 aromatic carbocycles. The van der Waals surface area contributed by atoms with Gasteiger partial charge in [-0.3, -0.25) is 9.48 Å². The monoisotopic (exact) mass is 444 g/mol. The Morgan fingerprint density at radius 2 is 1.97 bits per heavy atom. The van der Waals surface area contributed by atoms with Crippen LogP contribution in [-0.2, 0) is 7.05 Å². The number of fused-ring (bicyclic) bond motifs is 1. The number of nitrogens with zero attached hydrogens (tertiary/aromatic N) is 3. The first-order valence-electron chi connectivity index (χ1n) is 10.2. The number of hydrogen-bond acceptors (Lipinski definition) is 3. The van der Waals surface area contributed by atoms with Crippen molar-refractivity contribution in [2.45, 2.75) is 13.0 Å². The molecule has 0 saturated heterocycles. The minimum absolute atomic E-state index is 0.174. The van der Waals surface area contributed by atoms with Gasteiger partial charge in [-0.25, -0.2) is 4.98 Å².